The number of carboxylic acid groups (broad SMARTS) is 2. The molecule has 0 radical (unpaired) electrons. The average Bonchev–Trinajstić information content (AvgIpc) is 3.27. The highest BCUT2D eigenvalue weighted by Gasteiger charge is 2.34. The Bertz CT molecular complexity index is 1160. The maximum atomic E-state index is 13.3. The fourth-order valence-electron chi connectivity index (χ4n) is 3.81. The van der Waals surface area contributed by atoms with Crippen LogP contribution in [0.3, 0.4) is 0 Å². The van der Waals surface area contributed by atoms with Gasteiger partial charge in [-0.1, -0.05) is 38.5 Å². The molecule has 208 valence electrons. The van der Waals surface area contributed by atoms with Crippen LogP contribution in [-0.2, 0) is 30.4 Å². The highest BCUT2D eigenvalue weighted by atomic mass is 16.4. The number of aromatic amines is 1. The van der Waals surface area contributed by atoms with Crippen molar-refractivity contribution in [3.63, 3.8) is 0 Å². The molecule has 3 amide bonds. The van der Waals surface area contributed by atoms with E-state index in [1.54, 1.807) is 26.1 Å². The van der Waals surface area contributed by atoms with Gasteiger partial charge in [-0.2, -0.15) is 0 Å². The summed E-state index contributed by atoms with van der Waals surface area (Å²) in [6.45, 7) is 4.84. The summed E-state index contributed by atoms with van der Waals surface area (Å²) < 4.78 is 0. The molecule has 0 aliphatic carbocycles. The molecule has 0 saturated heterocycles. The third-order valence-electron chi connectivity index (χ3n) is 6.34. The van der Waals surface area contributed by atoms with E-state index >= 15 is 0 Å². The molecule has 0 saturated carbocycles. The van der Waals surface area contributed by atoms with Crippen molar-refractivity contribution in [2.75, 3.05) is 0 Å². The minimum Gasteiger partial charge on any atom is -0.481 e. The number of aliphatic hydroxyl groups excluding tert-OH is 1. The van der Waals surface area contributed by atoms with E-state index in [1.165, 1.54) is 6.92 Å². The molecule has 0 spiro atoms. The highest BCUT2D eigenvalue weighted by Crippen LogP contribution is 2.20. The Morgan fingerprint density at radius 1 is 0.947 bits per heavy atom. The number of hydrogen-bond acceptors (Lipinski definition) is 7. The normalized spacial score (nSPS) is 15.9. The maximum absolute atomic E-state index is 13.3. The zero-order valence-electron chi connectivity index (χ0n) is 21.4. The van der Waals surface area contributed by atoms with Crippen molar-refractivity contribution in [2.45, 2.75) is 70.3 Å². The molecule has 1 aromatic heterocycles. The Morgan fingerprint density at radius 2 is 1.58 bits per heavy atom. The molecule has 1 aromatic carbocycles. The molecular weight excluding hydrogens is 498 g/mol. The quantitative estimate of drug-likeness (QED) is 0.156. The summed E-state index contributed by atoms with van der Waals surface area (Å²) in [6.07, 6.45) is 0.0330. The lowest BCUT2D eigenvalue weighted by Crippen LogP contribution is -2.60. The first-order chi connectivity index (χ1) is 17.8. The van der Waals surface area contributed by atoms with Gasteiger partial charge in [0.15, 0.2) is 0 Å². The molecule has 0 aliphatic heterocycles. The smallest absolute Gasteiger partial charge is 0.326 e. The van der Waals surface area contributed by atoms with Gasteiger partial charge in [0.05, 0.1) is 12.5 Å². The second-order valence-electron chi connectivity index (χ2n) is 9.26. The first-order valence-electron chi connectivity index (χ1n) is 12.2. The van der Waals surface area contributed by atoms with E-state index in [0.29, 0.717) is 12.0 Å². The first-order valence-corrected chi connectivity index (χ1v) is 12.2. The Labute approximate surface area is 219 Å². The molecule has 9 N–H and O–H groups in total. The number of benzene rings is 1. The third-order valence-corrected chi connectivity index (χ3v) is 6.34. The fourth-order valence-corrected chi connectivity index (χ4v) is 3.81. The van der Waals surface area contributed by atoms with Gasteiger partial charge in [-0.15, -0.1) is 0 Å². The number of aromatic nitrogens is 1. The van der Waals surface area contributed by atoms with Crippen LogP contribution in [0.2, 0.25) is 0 Å². The van der Waals surface area contributed by atoms with Crippen molar-refractivity contribution in [1.82, 2.24) is 20.9 Å². The van der Waals surface area contributed by atoms with Gasteiger partial charge in [-0.25, -0.2) is 4.79 Å². The van der Waals surface area contributed by atoms with Crippen molar-refractivity contribution < 1.29 is 39.3 Å². The zero-order chi connectivity index (χ0) is 28.6. The molecule has 13 nitrogen and oxygen atoms in total. The van der Waals surface area contributed by atoms with Crippen LogP contribution < -0.4 is 21.7 Å². The number of amides is 3. The maximum Gasteiger partial charge on any atom is 0.326 e. The largest absolute Gasteiger partial charge is 0.481 e. The summed E-state index contributed by atoms with van der Waals surface area (Å²) in [5.41, 5.74) is 7.12. The van der Waals surface area contributed by atoms with Crippen molar-refractivity contribution in [1.29, 1.82) is 0 Å². The number of aliphatic carboxylic acids is 2. The zero-order valence-corrected chi connectivity index (χ0v) is 21.4. The number of fused-ring (bicyclic) bond motifs is 1. The Morgan fingerprint density at radius 3 is 2.16 bits per heavy atom. The SMILES string of the molecule is CCC(C)C(NC(=O)C(N)C(C)O)C(=O)NC(Cc1c[nH]c2ccccc12)C(=O)NC(CC(=O)O)C(=O)O. The number of para-hydroxylation sites is 1. The molecule has 0 bridgehead atoms. The summed E-state index contributed by atoms with van der Waals surface area (Å²) in [4.78, 5) is 64.7. The second-order valence-corrected chi connectivity index (χ2v) is 9.26. The molecule has 6 atom stereocenters. The minimum atomic E-state index is -1.73. The number of nitrogens with one attached hydrogen (secondary N) is 4. The molecule has 13 heteroatoms. The molecule has 0 aliphatic rings. The number of H-pyrrole nitrogens is 1. The number of carbonyl (C=O) groups excluding carboxylic acids is 3. The van der Waals surface area contributed by atoms with E-state index in [4.69, 9.17) is 10.8 Å². The van der Waals surface area contributed by atoms with E-state index in [1.807, 2.05) is 18.2 Å². The van der Waals surface area contributed by atoms with E-state index in [9.17, 15) is 34.2 Å². The Balaban J connectivity index is 2.36. The number of hydrogen-bond donors (Lipinski definition) is 8. The van der Waals surface area contributed by atoms with Gasteiger partial charge in [0, 0.05) is 23.5 Å². The summed E-state index contributed by atoms with van der Waals surface area (Å²) in [5.74, 6) is -5.76. The van der Waals surface area contributed by atoms with Crippen LogP contribution in [0.5, 0.6) is 0 Å². The summed E-state index contributed by atoms with van der Waals surface area (Å²) in [7, 11) is 0. The predicted molar refractivity (Wildman–Crippen MR) is 137 cm³/mol. The van der Waals surface area contributed by atoms with Gasteiger partial charge in [0.2, 0.25) is 17.7 Å². The van der Waals surface area contributed by atoms with Crippen LogP contribution in [0.4, 0.5) is 0 Å². The Kier molecular flexibility index (Phi) is 10.8. The van der Waals surface area contributed by atoms with Crippen LogP contribution >= 0.6 is 0 Å². The summed E-state index contributed by atoms with van der Waals surface area (Å²) >= 11 is 0. The molecule has 2 rings (SSSR count). The van der Waals surface area contributed by atoms with Gasteiger partial charge in [0.25, 0.3) is 0 Å². The fraction of sp³-hybridized carbons (Fsp3) is 0.480. The van der Waals surface area contributed by atoms with Crippen LogP contribution in [0.1, 0.15) is 39.2 Å². The molecule has 0 fully saturated rings. The molecule has 38 heavy (non-hydrogen) atoms. The number of aliphatic hydroxyl groups is 1. The second kappa shape index (κ2) is 13.5. The third kappa shape index (κ3) is 8.02. The van der Waals surface area contributed by atoms with Gasteiger partial charge >= 0.3 is 11.9 Å². The lowest BCUT2D eigenvalue weighted by molar-refractivity contribution is -0.147. The topological polar surface area (TPSA) is 224 Å². The molecule has 1 heterocycles. The highest BCUT2D eigenvalue weighted by molar-refractivity contribution is 5.95. The monoisotopic (exact) mass is 533 g/mol. The molecule has 6 unspecified atom stereocenters. The lowest BCUT2D eigenvalue weighted by Gasteiger charge is -2.28. The number of carbonyl (C=O) groups is 5. The van der Waals surface area contributed by atoms with Gasteiger partial charge in [0.1, 0.15) is 24.2 Å². The van der Waals surface area contributed by atoms with Gasteiger partial charge in [-0.05, 0) is 24.5 Å². The van der Waals surface area contributed by atoms with E-state index in [0.717, 1.165) is 10.9 Å². The average molecular weight is 534 g/mol. The molecular formula is C25H35N5O8. The number of rotatable bonds is 14. The van der Waals surface area contributed by atoms with Gasteiger partial charge in [-0.3, -0.25) is 19.2 Å². The van der Waals surface area contributed by atoms with E-state index in [-0.39, 0.29) is 6.42 Å². The molecule has 2 aromatic rings. The van der Waals surface area contributed by atoms with Crippen molar-refractivity contribution >= 4 is 40.6 Å². The van der Waals surface area contributed by atoms with Crippen molar-refractivity contribution in [2.24, 2.45) is 11.7 Å². The minimum absolute atomic E-state index is 0.0602. The van der Waals surface area contributed by atoms with Crippen LogP contribution in [0, 0.1) is 5.92 Å². The van der Waals surface area contributed by atoms with E-state index < -0.39 is 72.3 Å². The van der Waals surface area contributed by atoms with E-state index in [2.05, 4.69) is 20.9 Å². The van der Waals surface area contributed by atoms with Gasteiger partial charge < -0.3 is 42.0 Å². The summed E-state index contributed by atoms with van der Waals surface area (Å²) in [6, 6.07) is 1.79. The predicted octanol–water partition coefficient (Wildman–Crippen LogP) is -0.522. The summed E-state index contributed by atoms with van der Waals surface area (Å²) in [5, 5.41) is 36.1. The van der Waals surface area contributed by atoms with Crippen LogP contribution in [0.25, 0.3) is 10.9 Å². The van der Waals surface area contributed by atoms with Crippen molar-refractivity contribution in [3.8, 4) is 0 Å². The lowest BCUT2D eigenvalue weighted by atomic mass is 9.96. The number of nitrogens with two attached hydrogens (primary N) is 1. The Hall–Kier alpha value is -3.97. The standard InChI is InChI=1S/C25H35N5O8/c1-4-12(2)21(30-23(35)20(26)13(3)31)24(36)28-17(22(34)29-18(25(37)38)10-19(32)33)9-14-11-27-16-8-6-5-7-15(14)16/h5-8,11-13,17-18,20-21,27,31H,4,9-10,26H2,1-3H3,(H,28,36)(H,29,34)(H,30,35)(H,32,33)(H,37,38). The van der Waals surface area contributed by atoms with Crippen molar-refractivity contribution in [3.05, 3.63) is 36.0 Å². The van der Waals surface area contributed by atoms with Crippen LogP contribution in [0.15, 0.2) is 30.5 Å². The first kappa shape index (κ1) is 30.3. The van der Waals surface area contributed by atoms with Crippen LogP contribution in [-0.4, -0.2) is 80.2 Å². The number of carboxylic acids is 2.